The Kier molecular flexibility index (Phi) is 4.96. The van der Waals surface area contributed by atoms with Crippen LogP contribution < -0.4 is 0 Å². The third kappa shape index (κ3) is 3.72. The van der Waals surface area contributed by atoms with E-state index in [0.717, 1.165) is 37.0 Å². The summed E-state index contributed by atoms with van der Waals surface area (Å²) in [5.41, 5.74) is 2.08. The van der Waals surface area contributed by atoms with Crippen LogP contribution in [-0.2, 0) is 27.3 Å². The van der Waals surface area contributed by atoms with Crippen molar-refractivity contribution >= 4 is 11.9 Å². The number of hydrogen-bond acceptors (Lipinski definition) is 3. The van der Waals surface area contributed by atoms with Gasteiger partial charge >= 0.3 is 5.97 Å². The van der Waals surface area contributed by atoms with Gasteiger partial charge in [0.05, 0.1) is 6.10 Å². The molecule has 0 aromatic heterocycles. The van der Waals surface area contributed by atoms with Gasteiger partial charge in [-0.15, -0.1) is 0 Å². The highest BCUT2D eigenvalue weighted by molar-refractivity contribution is 5.84. The highest BCUT2D eigenvalue weighted by atomic mass is 16.5. The van der Waals surface area contributed by atoms with Gasteiger partial charge in [-0.1, -0.05) is 24.3 Å². The van der Waals surface area contributed by atoms with Gasteiger partial charge in [0.2, 0.25) is 5.91 Å². The smallest absolute Gasteiger partial charge is 0.326 e. The van der Waals surface area contributed by atoms with E-state index in [0.29, 0.717) is 25.8 Å². The Morgan fingerprint density at radius 1 is 1.22 bits per heavy atom. The zero-order chi connectivity index (χ0) is 16.2. The van der Waals surface area contributed by atoms with Gasteiger partial charge in [0.1, 0.15) is 6.04 Å². The van der Waals surface area contributed by atoms with E-state index in [4.69, 9.17) is 4.74 Å². The number of nitrogens with zero attached hydrogens (tertiary/aromatic N) is 1. The first-order valence-electron chi connectivity index (χ1n) is 8.36. The molecule has 1 fully saturated rings. The molecule has 5 nitrogen and oxygen atoms in total. The van der Waals surface area contributed by atoms with Crippen LogP contribution in [0.1, 0.15) is 43.2 Å². The Morgan fingerprint density at radius 2 is 2.00 bits per heavy atom. The van der Waals surface area contributed by atoms with E-state index in [-0.39, 0.29) is 12.0 Å². The first kappa shape index (κ1) is 16.0. The Balaban J connectivity index is 1.66. The average Bonchev–Trinajstić information content (AvgIpc) is 2.59. The molecule has 0 bridgehead atoms. The maximum atomic E-state index is 12.6. The van der Waals surface area contributed by atoms with E-state index in [1.165, 1.54) is 4.90 Å². The summed E-state index contributed by atoms with van der Waals surface area (Å²) in [7, 11) is 0. The molecule has 1 amide bonds. The number of ether oxygens (including phenoxy) is 1. The number of benzene rings is 1. The highest BCUT2D eigenvalue weighted by Gasteiger charge is 2.34. The molecule has 1 N–H and O–H groups in total. The average molecular weight is 317 g/mol. The molecule has 23 heavy (non-hydrogen) atoms. The maximum Gasteiger partial charge on any atom is 0.326 e. The summed E-state index contributed by atoms with van der Waals surface area (Å²) in [6.07, 6.45) is 4.81. The quantitative estimate of drug-likeness (QED) is 0.926. The molecular formula is C18H23NO4. The summed E-state index contributed by atoms with van der Waals surface area (Å²) in [5.74, 6) is -1.01. The van der Waals surface area contributed by atoms with Crippen LogP contribution in [0, 0.1) is 0 Å². The predicted octanol–water partition coefficient (Wildman–Crippen LogP) is 2.37. The molecule has 2 aliphatic rings. The van der Waals surface area contributed by atoms with Crippen molar-refractivity contribution in [1.29, 1.82) is 0 Å². The van der Waals surface area contributed by atoms with Crippen LogP contribution in [0.3, 0.4) is 0 Å². The van der Waals surface area contributed by atoms with Gasteiger partial charge in [-0.25, -0.2) is 4.79 Å². The van der Waals surface area contributed by atoms with Crippen LogP contribution in [0.15, 0.2) is 24.3 Å². The van der Waals surface area contributed by atoms with Crippen molar-refractivity contribution in [3.63, 3.8) is 0 Å². The normalized spacial score (nSPS) is 24.1. The zero-order valence-electron chi connectivity index (χ0n) is 13.2. The van der Waals surface area contributed by atoms with Gasteiger partial charge < -0.3 is 14.7 Å². The number of carbonyl (C=O) groups excluding carboxylic acids is 1. The molecule has 2 atom stereocenters. The lowest BCUT2D eigenvalue weighted by Gasteiger charge is -2.35. The van der Waals surface area contributed by atoms with Crippen molar-refractivity contribution in [1.82, 2.24) is 4.90 Å². The minimum atomic E-state index is -0.929. The molecule has 0 radical (unpaired) electrons. The lowest BCUT2D eigenvalue weighted by atomic mass is 9.93. The first-order chi connectivity index (χ1) is 11.1. The standard InChI is InChI=1S/C18H23NO4/c20-17(9-8-15-7-3-4-10-23-15)19-12-14-6-2-1-5-13(14)11-16(19)18(21)22/h1-2,5-6,15-16H,3-4,7-12H2,(H,21,22). The zero-order valence-corrected chi connectivity index (χ0v) is 13.2. The van der Waals surface area contributed by atoms with Crippen LogP contribution in [0.2, 0.25) is 0 Å². The Morgan fingerprint density at radius 3 is 2.70 bits per heavy atom. The fourth-order valence-electron chi connectivity index (χ4n) is 3.47. The molecular weight excluding hydrogens is 294 g/mol. The SMILES string of the molecule is O=C(O)C1Cc2ccccc2CN1C(=O)CCC1CCCCO1. The van der Waals surface area contributed by atoms with E-state index in [9.17, 15) is 14.7 Å². The van der Waals surface area contributed by atoms with Gasteiger partial charge in [-0.2, -0.15) is 0 Å². The molecule has 1 aromatic rings. The van der Waals surface area contributed by atoms with E-state index >= 15 is 0 Å². The second-order valence-corrected chi connectivity index (χ2v) is 6.38. The summed E-state index contributed by atoms with van der Waals surface area (Å²) in [6.45, 7) is 1.16. The predicted molar refractivity (Wildman–Crippen MR) is 84.9 cm³/mol. The van der Waals surface area contributed by atoms with Gasteiger partial charge in [-0.05, 0) is 36.8 Å². The Bertz CT molecular complexity index is 580. The monoisotopic (exact) mass is 317 g/mol. The van der Waals surface area contributed by atoms with Crippen LogP contribution in [0.25, 0.3) is 0 Å². The number of hydrogen-bond donors (Lipinski definition) is 1. The lowest BCUT2D eigenvalue weighted by Crippen LogP contribution is -2.48. The first-order valence-corrected chi connectivity index (χ1v) is 8.36. The molecule has 3 rings (SSSR count). The Hall–Kier alpha value is -1.88. The van der Waals surface area contributed by atoms with E-state index in [2.05, 4.69) is 0 Å². The summed E-state index contributed by atoms with van der Waals surface area (Å²) >= 11 is 0. The molecule has 0 spiro atoms. The molecule has 2 aliphatic heterocycles. The van der Waals surface area contributed by atoms with Crippen LogP contribution in [0.4, 0.5) is 0 Å². The number of carboxylic acid groups (broad SMARTS) is 1. The van der Waals surface area contributed by atoms with Crippen molar-refractivity contribution in [2.45, 2.75) is 57.2 Å². The molecule has 2 heterocycles. The fourth-order valence-corrected chi connectivity index (χ4v) is 3.47. The van der Waals surface area contributed by atoms with Crippen LogP contribution in [0.5, 0.6) is 0 Å². The minimum Gasteiger partial charge on any atom is -0.480 e. The van der Waals surface area contributed by atoms with Crippen LogP contribution >= 0.6 is 0 Å². The minimum absolute atomic E-state index is 0.0823. The lowest BCUT2D eigenvalue weighted by molar-refractivity contribution is -0.151. The topological polar surface area (TPSA) is 66.8 Å². The summed E-state index contributed by atoms with van der Waals surface area (Å²) in [4.78, 5) is 25.7. The number of rotatable bonds is 4. The highest BCUT2D eigenvalue weighted by Crippen LogP contribution is 2.25. The van der Waals surface area contributed by atoms with Crippen LogP contribution in [-0.4, -0.2) is 40.6 Å². The van der Waals surface area contributed by atoms with Gasteiger partial charge in [0.15, 0.2) is 0 Å². The van der Waals surface area contributed by atoms with E-state index in [1.54, 1.807) is 0 Å². The van der Waals surface area contributed by atoms with Gasteiger partial charge in [-0.3, -0.25) is 4.79 Å². The summed E-state index contributed by atoms with van der Waals surface area (Å²) in [5, 5.41) is 9.48. The summed E-state index contributed by atoms with van der Waals surface area (Å²) < 4.78 is 5.66. The van der Waals surface area contributed by atoms with Crippen molar-refractivity contribution in [3.8, 4) is 0 Å². The molecule has 1 aromatic carbocycles. The third-order valence-electron chi connectivity index (χ3n) is 4.81. The summed E-state index contributed by atoms with van der Waals surface area (Å²) in [6, 6.07) is 7.00. The van der Waals surface area contributed by atoms with E-state index < -0.39 is 12.0 Å². The van der Waals surface area contributed by atoms with Crippen molar-refractivity contribution in [2.75, 3.05) is 6.61 Å². The number of carbonyl (C=O) groups is 2. The number of fused-ring (bicyclic) bond motifs is 1. The third-order valence-corrected chi connectivity index (χ3v) is 4.81. The molecule has 1 saturated heterocycles. The Labute approximate surface area is 136 Å². The number of carboxylic acids is 1. The molecule has 124 valence electrons. The number of aliphatic carboxylic acids is 1. The molecule has 5 heteroatoms. The molecule has 0 aliphatic carbocycles. The number of amides is 1. The molecule has 0 saturated carbocycles. The second-order valence-electron chi connectivity index (χ2n) is 6.38. The largest absolute Gasteiger partial charge is 0.480 e. The van der Waals surface area contributed by atoms with Crippen molar-refractivity contribution < 1.29 is 19.4 Å². The van der Waals surface area contributed by atoms with E-state index in [1.807, 2.05) is 24.3 Å². The second kappa shape index (κ2) is 7.13. The molecule has 2 unspecified atom stereocenters. The van der Waals surface area contributed by atoms with Crippen molar-refractivity contribution in [2.24, 2.45) is 0 Å². The van der Waals surface area contributed by atoms with Crippen molar-refractivity contribution in [3.05, 3.63) is 35.4 Å². The maximum absolute atomic E-state index is 12.6. The van der Waals surface area contributed by atoms with Gasteiger partial charge in [0.25, 0.3) is 0 Å². The van der Waals surface area contributed by atoms with Gasteiger partial charge in [0, 0.05) is 26.0 Å². The fraction of sp³-hybridized carbons (Fsp3) is 0.556.